The SMILES string of the molecule is COc1cc(OC)c(OC)cc1/C=C/C(=O)OCC(=O)Nc1ccc([N+](=O)[O-])cc1C. The lowest BCUT2D eigenvalue weighted by atomic mass is 10.1. The molecule has 0 saturated heterocycles. The molecule has 0 aromatic heterocycles. The zero-order chi connectivity index (χ0) is 23.0. The molecular weight excluding hydrogens is 408 g/mol. The van der Waals surface area contributed by atoms with Crippen molar-refractivity contribution in [3.63, 3.8) is 0 Å². The maximum atomic E-state index is 12.0. The van der Waals surface area contributed by atoms with Crippen LogP contribution in [0.2, 0.25) is 0 Å². The van der Waals surface area contributed by atoms with E-state index in [-0.39, 0.29) is 5.69 Å². The molecule has 0 spiro atoms. The van der Waals surface area contributed by atoms with Gasteiger partial charge in [0.2, 0.25) is 0 Å². The molecule has 0 aliphatic heterocycles. The highest BCUT2D eigenvalue weighted by atomic mass is 16.6. The van der Waals surface area contributed by atoms with Gasteiger partial charge < -0.3 is 24.3 Å². The highest BCUT2D eigenvalue weighted by molar-refractivity contribution is 5.95. The number of carbonyl (C=O) groups is 2. The zero-order valence-corrected chi connectivity index (χ0v) is 17.5. The molecule has 0 unspecified atom stereocenters. The highest BCUT2D eigenvalue weighted by Gasteiger charge is 2.13. The van der Waals surface area contributed by atoms with Crippen molar-refractivity contribution in [2.75, 3.05) is 33.3 Å². The fourth-order valence-corrected chi connectivity index (χ4v) is 2.61. The molecule has 0 aliphatic rings. The molecule has 2 rings (SSSR count). The summed E-state index contributed by atoms with van der Waals surface area (Å²) in [4.78, 5) is 34.2. The Morgan fingerprint density at radius 1 is 1.03 bits per heavy atom. The van der Waals surface area contributed by atoms with E-state index in [9.17, 15) is 19.7 Å². The number of amides is 1. The molecule has 0 atom stereocenters. The third-order valence-electron chi connectivity index (χ3n) is 4.18. The van der Waals surface area contributed by atoms with E-state index < -0.39 is 23.4 Å². The monoisotopic (exact) mass is 430 g/mol. The smallest absolute Gasteiger partial charge is 0.331 e. The Morgan fingerprint density at radius 2 is 1.68 bits per heavy atom. The van der Waals surface area contributed by atoms with Gasteiger partial charge in [-0.3, -0.25) is 14.9 Å². The lowest BCUT2D eigenvalue weighted by Crippen LogP contribution is -2.20. The molecule has 10 heteroatoms. The van der Waals surface area contributed by atoms with Gasteiger partial charge in [-0.05, 0) is 30.7 Å². The number of ether oxygens (including phenoxy) is 4. The molecule has 0 saturated carbocycles. The second-order valence-corrected chi connectivity index (χ2v) is 6.19. The van der Waals surface area contributed by atoms with Gasteiger partial charge in [0.1, 0.15) is 5.75 Å². The Labute approximate surface area is 178 Å². The molecule has 1 N–H and O–H groups in total. The Balaban J connectivity index is 1.98. The average Bonchev–Trinajstić information content (AvgIpc) is 2.76. The fraction of sp³-hybridized carbons (Fsp3) is 0.238. The first kappa shape index (κ1) is 23.2. The number of nitro groups is 1. The van der Waals surface area contributed by atoms with Crippen LogP contribution in [0.25, 0.3) is 6.08 Å². The number of nitrogens with one attached hydrogen (secondary N) is 1. The van der Waals surface area contributed by atoms with Gasteiger partial charge in [-0.25, -0.2) is 4.79 Å². The lowest BCUT2D eigenvalue weighted by Gasteiger charge is -2.12. The maximum absolute atomic E-state index is 12.0. The first-order valence-electron chi connectivity index (χ1n) is 8.98. The van der Waals surface area contributed by atoms with Crippen molar-refractivity contribution in [1.29, 1.82) is 0 Å². The average molecular weight is 430 g/mol. The summed E-state index contributed by atoms with van der Waals surface area (Å²) in [7, 11) is 4.45. The number of carbonyl (C=O) groups excluding carboxylic acids is 2. The standard InChI is InChI=1S/C21H22N2O8/c1-13-9-15(23(26)27)6-7-16(13)22-20(24)12-31-21(25)8-5-14-10-18(29-3)19(30-4)11-17(14)28-2/h5-11H,12H2,1-4H3,(H,22,24)/b8-5+. The van der Waals surface area contributed by atoms with Gasteiger partial charge in [0.15, 0.2) is 18.1 Å². The van der Waals surface area contributed by atoms with E-state index in [4.69, 9.17) is 18.9 Å². The number of rotatable bonds is 9. The molecule has 0 heterocycles. The van der Waals surface area contributed by atoms with Crippen molar-refractivity contribution in [2.45, 2.75) is 6.92 Å². The summed E-state index contributed by atoms with van der Waals surface area (Å²) in [5.41, 5.74) is 1.35. The molecule has 0 aliphatic carbocycles. The van der Waals surface area contributed by atoms with Gasteiger partial charge >= 0.3 is 5.97 Å². The number of methoxy groups -OCH3 is 3. The zero-order valence-electron chi connectivity index (χ0n) is 17.5. The topological polar surface area (TPSA) is 126 Å². The van der Waals surface area contributed by atoms with E-state index in [1.807, 2.05) is 0 Å². The predicted molar refractivity (Wildman–Crippen MR) is 113 cm³/mol. The molecule has 2 aromatic rings. The van der Waals surface area contributed by atoms with E-state index in [0.717, 1.165) is 6.08 Å². The van der Waals surface area contributed by atoms with Gasteiger partial charge in [-0.1, -0.05) is 0 Å². The summed E-state index contributed by atoms with van der Waals surface area (Å²) in [6, 6.07) is 7.26. The van der Waals surface area contributed by atoms with Crippen LogP contribution in [0.4, 0.5) is 11.4 Å². The predicted octanol–water partition coefficient (Wildman–Crippen LogP) is 3.12. The lowest BCUT2D eigenvalue weighted by molar-refractivity contribution is -0.384. The maximum Gasteiger partial charge on any atom is 0.331 e. The molecule has 1 amide bonds. The number of hydrogen-bond acceptors (Lipinski definition) is 8. The Kier molecular flexibility index (Phi) is 7.95. The Morgan fingerprint density at radius 3 is 2.26 bits per heavy atom. The van der Waals surface area contributed by atoms with E-state index in [1.54, 1.807) is 19.1 Å². The van der Waals surface area contributed by atoms with Crippen molar-refractivity contribution in [3.8, 4) is 17.2 Å². The van der Waals surface area contributed by atoms with Gasteiger partial charge in [-0.15, -0.1) is 0 Å². The third-order valence-corrected chi connectivity index (χ3v) is 4.18. The summed E-state index contributed by atoms with van der Waals surface area (Å²) in [5.74, 6) is 0.0503. The molecule has 0 radical (unpaired) electrons. The number of benzene rings is 2. The van der Waals surface area contributed by atoms with Crippen LogP contribution in [0.3, 0.4) is 0 Å². The number of hydrogen-bond donors (Lipinski definition) is 1. The highest BCUT2D eigenvalue weighted by Crippen LogP contribution is 2.35. The third kappa shape index (κ3) is 6.20. The van der Waals surface area contributed by atoms with Crippen LogP contribution < -0.4 is 19.5 Å². The quantitative estimate of drug-likeness (QED) is 0.278. The van der Waals surface area contributed by atoms with Crippen LogP contribution in [0, 0.1) is 17.0 Å². The van der Waals surface area contributed by atoms with E-state index >= 15 is 0 Å². The van der Waals surface area contributed by atoms with Crippen molar-refractivity contribution >= 4 is 29.3 Å². The van der Waals surface area contributed by atoms with E-state index in [1.165, 1.54) is 45.6 Å². The van der Waals surface area contributed by atoms with Crippen LogP contribution in [-0.2, 0) is 14.3 Å². The molecule has 2 aromatic carbocycles. The van der Waals surface area contributed by atoms with Crippen LogP contribution >= 0.6 is 0 Å². The van der Waals surface area contributed by atoms with Crippen LogP contribution in [-0.4, -0.2) is 44.7 Å². The summed E-state index contributed by atoms with van der Waals surface area (Å²) in [6.07, 6.45) is 2.61. The van der Waals surface area contributed by atoms with Crippen LogP contribution in [0.1, 0.15) is 11.1 Å². The van der Waals surface area contributed by atoms with E-state index in [2.05, 4.69) is 5.32 Å². The van der Waals surface area contributed by atoms with Crippen molar-refractivity contribution in [1.82, 2.24) is 0 Å². The largest absolute Gasteiger partial charge is 0.496 e. The van der Waals surface area contributed by atoms with Crippen molar-refractivity contribution in [2.24, 2.45) is 0 Å². The molecule has 164 valence electrons. The van der Waals surface area contributed by atoms with Crippen molar-refractivity contribution < 1.29 is 33.5 Å². The minimum absolute atomic E-state index is 0.0855. The first-order valence-corrected chi connectivity index (χ1v) is 8.98. The van der Waals surface area contributed by atoms with Crippen molar-refractivity contribution in [3.05, 3.63) is 57.6 Å². The number of non-ortho nitro benzene ring substituents is 1. The molecule has 0 fully saturated rings. The number of nitrogens with zero attached hydrogens (tertiary/aromatic N) is 1. The second-order valence-electron chi connectivity index (χ2n) is 6.19. The number of esters is 1. The summed E-state index contributed by atoms with van der Waals surface area (Å²) >= 11 is 0. The van der Waals surface area contributed by atoms with Crippen LogP contribution in [0.15, 0.2) is 36.4 Å². The normalized spacial score (nSPS) is 10.5. The Hall–Kier alpha value is -4.08. The molecule has 0 bridgehead atoms. The van der Waals surface area contributed by atoms with Gasteiger partial charge in [0.05, 0.1) is 26.3 Å². The van der Waals surface area contributed by atoms with Gasteiger partial charge in [-0.2, -0.15) is 0 Å². The number of aryl methyl sites for hydroxylation is 1. The van der Waals surface area contributed by atoms with Gasteiger partial charge in [0, 0.05) is 35.5 Å². The fourth-order valence-electron chi connectivity index (χ4n) is 2.61. The number of nitro benzene ring substituents is 1. The Bertz CT molecular complexity index is 1020. The molecule has 31 heavy (non-hydrogen) atoms. The summed E-state index contributed by atoms with van der Waals surface area (Å²) in [5, 5.41) is 13.3. The second kappa shape index (κ2) is 10.6. The minimum atomic E-state index is -0.743. The van der Waals surface area contributed by atoms with E-state index in [0.29, 0.717) is 34.1 Å². The summed E-state index contributed by atoms with van der Waals surface area (Å²) in [6.45, 7) is 1.09. The van der Waals surface area contributed by atoms with Crippen LogP contribution in [0.5, 0.6) is 17.2 Å². The molecular formula is C21H22N2O8. The molecule has 10 nitrogen and oxygen atoms in total. The first-order chi connectivity index (χ1) is 14.8. The summed E-state index contributed by atoms with van der Waals surface area (Å²) < 4.78 is 20.6. The number of anilines is 1. The van der Waals surface area contributed by atoms with Gasteiger partial charge in [0.25, 0.3) is 11.6 Å². The minimum Gasteiger partial charge on any atom is -0.496 e.